The van der Waals surface area contributed by atoms with Crippen molar-refractivity contribution in [3.8, 4) is 0 Å². The Morgan fingerprint density at radius 3 is 2.29 bits per heavy atom. The lowest BCUT2D eigenvalue weighted by molar-refractivity contribution is 0.0601. The SMILES string of the molecule is COC(=O)c1c(Cl)cc(CN)cc1Cl. The summed E-state index contributed by atoms with van der Waals surface area (Å²) in [4.78, 5) is 11.2. The van der Waals surface area contributed by atoms with E-state index in [1.807, 2.05) is 0 Å². The van der Waals surface area contributed by atoms with E-state index in [-0.39, 0.29) is 15.6 Å². The third kappa shape index (κ3) is 2.18. The minimum atomic E-state index is -0.552. The molecule has 14 heavy (non-hydrogen) atoms. The first-order valence-corrected chi connectivity index (χ1v) is 4.62. The molecule has 5 heteroatoms. The Balaban J connectivity index is 3.25. The van der Waals surface area contributed by atoms with Crippen LogP contribution >= 0.6 is 23.2 Å². The summed E-state index contributed by atoms with van der Waals surface area (Å²) < 4.78 is 4.53. The number of nitrogens with two attached hydrogens (primary N) is 1. The van der Waals surface area contributed by atoms with Gasteiger partial charge in [0.1, 0.15) is 0 Å². The normalized spacial score (nSPS) is 10.0. The summed E-state index contributed by atoms with van der Waals surface area (Å²) in [5.41, 5.74) is 6.36. The molecule has 0 radical (unpaired) electrons. The number of hydrogen-bond acceptors (Lipinski definition) is 3. The second-order valence-corrected chi connectivity index (χ2v) is 3.44. The fraction of sp³-hybridized carbons (Fsp3) is 0.222. The van der Waals surface area contributed by atoms with E-state index >= 15 is 0 Å². The van der Waals surface area contributed by atoms with Gasteiger partial charge in [-0.05, 0) is 17.7 Å². The van der Waals surface area contributed by atoms with Crippen LogP contribution in [-0.4, -0.2) is 13.1 Å². The van der Waals surface area contributed by atoms with E-state index in [1.165, 1.54) is 7.11 Å². The summed E-state index contributed by atoms with van der Waals surface area (Å²) in [6.07, 6.45) is 0. The topological polar surface area (TPSA) is 52.3 Å². The van der Waals surface area contributed by atoms with E-state index < -0.39 is 5.97 Å². The number of methoxy groups -OCH3 is 1. The molecule has 1 aromatic carbocycles. The van der Waals surface area contributed by atoms with Crippen LogP contribution in [0.15, 0.2) is 12.1 Å². The lowest BCUT2D eigenvalue weighted by atomic mass is 10.1. The van der Waals surface area contributed by atoms with Crippen LogP contribution in [0.1, 0.15) is 15.9 Å². The van der Waals surface area contributed by atoms with Crippen molar-refractivity contribution in [2.75, 3.05) is 7.11 Å². The molecule has 3 nitrogen and oxygen atoms in total. The second kappa shape index (κ2) is 4.64. The molecule has 2 N–H and O–H groups in total. The fourth-order valence-electron chi connectivity index (χ4n) is 1.04. The number of ether oxygens (including phenoxy) is 1. The average Bonchev–Trinajstić information content (AvgIpc) is 2.16. The fourth-order valence-corrected chi connectivity index (χ4v) is 1.73. The van der Waals surface area contributed by atoms with Crippen molar-refractivity contribution in [1.82, 2.24) is 0 Å². The van der Waals surface area contributed by atoms with Crippen molar-refractivity contribution >= 4 is 29.2 Å². The molecule has 76 valence electrons. The highest BCUT2D eigenvalue weighted by Crippen LogP contribution is 2.27. The Morgan fingerprint density at radius 2 is 1.93 bits per heavy atom. The summed E-state index contributed by atoms with van der Waals surface area (Å²) in [5.74, 6) is -0.552. The summed E-state index contributed by atoms with van der Waals surface area (Å²) in [5, 5.41) is 0.509. The van der Waals surface area contributed by atoms with E-state index in [0.717, 1.165) is 5.56 Å². The van der Waals surface area contributed by atoms with Crippen LogP contribution in [0, 0.1) is 0 Å². The second-order valence-electron chi connectivity index (χ2n) is 2.63. The van der Waals surface area contributed by atoms with Crippen LogP contribution in [0.4, 0.5) is 0 Å². The standard InChI is InChI=1S/C9H9Cl2NO2/c1-14-9(13)8-6(10)2-5(4-12)3-7(8)11/h2-3H,4,12H2,1H3. The molecule has 1 rings (SSSR count). The zero-order valence-corrected chi connectivity index (χ0v) is 9.02. The molecule has 0 fully saturated rings. The lowest BCUT2D eigenvalue weighted by Gasteiger charge is -2.06. The highest BCUT2D eigenvalue weighted by Gasteiger charge is 2.15. The van der Waals surface area contributed by atoms with Crippen LogP contribution in [-0.2, 0) is 11.3 Å². The van der Waals surface area contributed by atoms with E-state index in [4.69, 9.17) is 28.9 Å². The van der Waals surface area contributed by atoms with Gasteiger partial charge < -0.3 is 10.5 Å². The average molecular weight is 234 g/mol. The Labute approximate surface area is 91.7 Å². The van der Waals surface area contributed by atoms with Crippen molar-refractivity contribution in [2.45, 2.75) is 6.54 Å². The molecular formula is C9H9Cl2NO2. The highest BCUT2D eigenvalue weighted by molar-refractivity contribution is 6.39. The smallest absolute Gasteiger partial charge is 0.340 e. The Morgan fingerprint density at radius 1 is 1.43 bits per heavy atom. The molecule has 0 bridgehead atoms. The summed E-state index contributed by atoms with van der Waals surface area (Å²) in [6, 6.07) is 3.19. The van der Waals surface area contributed by atoms with Crippen LogP contribution in [0.5, 0.6) is 0 Å². The number of halogens is 2. The molecule has 0 heterocycles. The molecule has 0 atom stereocenters. The first kappa shape index (κ1) is 11.3. The third-order valence-corrected chi connectivity index (χ3v) is 2.32. The number of benzene rings is 1. The van der Waals surface area contributed by atoms with E-state index in [1.54, 1.807) is 12.1 Å². The van der Waals surface area contributed by atoms with Gasteiger partial charge in [-0.2, -0.15) is 0 Å². The Kier molecular flexibility index (Phi) is 3.75. The van der Waals surface area contributed by atoms with Crippen molar-refractivity contribution < 1.29 is 9.53 Å². The molecule has 0 amide bonds. The van der Waals surface area contributed by atoms with Gasteiger partial charge in [0.15, 0.2) is 0 Å². The maximum absolute atomic E-state index is 11.2. The molecular weight excluding hydrogens is 225 g/mol. The maximum atomic E-state index is 11.2. The molecule has 0 saturated heterocycles. The molecule has 0 saturated carbocycles. The van der Waals surface area contributed by atoms with E-state index in [0.29, 0.717) is 6.54 Å². The third-order valence-electron chi connectivity index (χ3n) is 1.73. The predicted molar refractivity (Wildman–Crippen MR) is 55.7 cm³/mol. The minimum absolute atomic E-state index is 0.174. The zero-order valence-electron chi connectivity index (χ0n) is 7.51. The Bertz CT molecular complexity index is 343. The maximum Gasteiger partial charge on any atom is 0.340 e. The number of carbonyl (C=O) groups is 1. The van der Waals surface area contributed by atoms with Gasteiger partial charge >= 0.3 is 5.97 Å². The highest BCUT2D eigenvalue weighted by atomic mass is 35.5. The summed E-state index contributed by atoms with van der Waals surface area (Å²) in [7, 11) is 1.27. The number of esters is 1. The van der Waals surface area contributed by atoms with Crippen molar-refractivity contribution in [3.05, 3.63) is 33.3 Å². The van der Waals surface area contributed by atoms with Gasteiger partial charge in [0, 0.05) is 6.54 Å². The van der Waals surface area contributed by atoms with Gasteiger partial charge in [0.25, 0.3) is 0 Å². The van der Waals surface area contributed by atoms with Crippen molar-refractivity contribution in [2.24, 2.45) is 5.73 Å². The molecule has 0 aliphatic heterocycles. The van der Waals surface area contributed by atoms with Gasteiger partial charge in [0.2, 0.25) is 0 Å². The molecule has 0 aromatic heterocycles. The number of carbonyl (C=O) groups excluding carboxylic acids is 1. The molecule has 0 aliphatic carbocycles. The van der Waals surface area contributed by atoms with Crippen molar-refractivity contribution in [1.29, 1.82) is 0 Å². The van der Waals surface area contributed by atoms with Gasteiger partial charge in [-0.1, -0.05) is 23.2 Å². The number of hydrogen-bond donors (Lipinski definition) is 1. The first-order chi connectivity index (χ1) is 6.60. The van der Waals surface area contributed by atoms with E-state index in [2.05, 4.69) is 4.74 Å². The quantitative estimate of drug-likeness (QED) is 0.798. The van der Waals surface area contributed by atoms with Crippen LogP contribution in [0.25, 0.3) is 0 Å². The molecule has 0 spiro atoms. The Hall–Kier alpha value is -0.770. The lowest BCUT2D eigenvalue weighted by Crippen LogP contribution is -2.05. The first-order valence-electron chi connectivity index (χ1n) is 3.86. The number of rotatable bonds is 2. The minimum Gasteiger partial charge on any atom is -0.465 e. The van der Waals surface area contributed by atoms with E-state index in [9.17, 15) is 4.79 Å². The van der Waals surface area contributed by atoms with Gasteiger partial charge in [-0.3, -0.25) is 0 Å². The molecule has 0 aliphatic rings. The van der Waals surface area contributed by atoms with Gasteiger partial charge in [-0.15, -0.1) is 0 Å². The molecule has 0 unspecified atom stereocenters. The largest absolute Gasteiger partial charge is 0.465 e. The predicted octanol–water partition coefficient (Wildman–Crippen LogP) is 2.24. The van der Waals surface area contributed by atoms with Crippen LogP contribution < -0.4 is 5.73 Å². The van der Waals surface area contributed by atoms with Gasteiger partial charge in [0.05, 0.1) is 22.7 Å². The van der Waals surface area contributed by atoms with Gasteiger partial charge in [-0.25, -0.2) is 4.79 Å². The summed E-state index contributed by atoms with van der Waals surface area (Å²) >= 11 is 11.7. The monoisotopic (exact) mass is 233 g/mol. The zero-order chi connectivity index (χ0) is 10.7. The van der Waals surface area contributed by atoms with Crippen LogP contribution in [0.3, 0.4) is 0 Å². The summed E-state index contributed by atoms with van der Waals surface area (Å²) in [6.45, 7) is 0.320. The van der Waals surface area contributed by atoms with Crippen molar-refractivity contribution in [3.63, 3.8) is 0 Å². The van der Waals surface area contributed by atoms with Crippen LogP contribution in [0.2, 0.25) is 10.0 Å². The molecule has 1 aromatic rings.